The number of hydrogen-bond acceptors (Lipinski definition) is 6. The van der Waals surface area contributed by atoms with Gasteiger partial charge in [0.25, 0.3) is 0 Å². The van der Waals surface area contributed by atoms with Gasteiger partial charge in [0.15, 0.2) is 16.0 Å². The Hall–Kier alpha value is -1.65. The van der Waals surface area contributed by atoms with Gasteiger partial charge >= 0.3 is 5.97 Å². The molecule has 2 heterocycles. The predicted molar refractivity (Wildman–Crippen MR) is 106 cm³/mol. The molecule has 0 spiro atoms. The Kier molecular flexibility index (Phi) is 6.38. The smallest absolute Gasteiger partial charge is 0.338 e. The molecule has 0 fully saturated rings. The van der Waals surface area contributed by atoms with Crippen LogP contribution in [0, 0.1) is 10.9 Å². The van der Waals surface area contributed by atoms with Gasteiger partial charge < -0.3 is 10.1 Å². The molecule has 1 N–H and O–H groups in total. The molecule has 1 aromatic carbocycles. The van der Waals surface area contributed by atoms with Crippen molar-refractivity contribution in [1.82, 2.24) is 10.3 Å². The van der Waals surface area contributed by atoms with Crippen LogP contribution >= 0.6 is 43.2 Å². The van der Waals surface area contributed by atoms with Gasteiger partial charge in [-0.25, -0.2) is 14.2 Å². The van der Waals surface area contributed by atoms with E-state index in [4.69, 9.17) is 4.74 Å². The minimum Gasteiger partial charge on any atom is -0.463 e. The van der Waals surface area contributed by atoms with Crippen LogP contribution in [0.25, 0.3) is 0 Å². The molecule has 3 rings (SSSR count). The highest BCUT2D eigenvalue weighted by Gasteiger charge is 2.33. The van der Waals surface area contributed by atoms with Crippen LogP contribution in [0.15, 0.2) is 45.1 Å². The summed E-state index contributed by atoms with van der Waals surface area (Å²) < 4.78 is 32.6. The van der Waals surface area contributed by atoms with Gasteiger partial charge in [-0.3, -0.25) is 4.99 Å². The molecule has 142 valence electrons. The molecule has 1 aliphatic heterocycles. The zero-order valence-corrected chi connectivity index (χ0v) is 17.9. The molecule has 5 nitrogen and oxygen atoms in total. The average molecular weight is 521 g/mol. The summed E-state index contributed by atoms with van der Waals surface area (Å²) in [5, 5.41) is 3.23. The minimum atomic E-state index is -0.769. The second-order valence-electron chi connectivity index (χ2n) is 5.39. The van der Waals surface area contributed by atoms with Crippen molar-refractivity contribution in [2.45, 2.75) is 13.0 Å². The molecule has 0 aliphatic carbocycles. The fourth-order valence-electron chi connectivity index (χ4n) is 2.57. The van der Waals surface area contributed by atoms with E-state index in [1.54, 1.807) is 13.0 Å². The van der Waals surface area contributed by atoms with Gasteiger partial charge in [0.2, 0.25) is 0 Å². The number of aliphatic imine (C=N–C) groups is 1. The van der Waals surface area contributed by atoms with Gasteiger partial charge in [0.05, 0.1) is 18.4 Å². The monoisotopic (exact) mass is 519 g/mol. The van der Waals surface area contributed by atoms with E-state index in [0.29, 0.717) is 37.5 Å². The van der Waals surface area contributed by atoms with Crippen molar-refractivity contribution < 1.29 is 18.3 Å². The Balaban J connectivity index is 2.15. The van der Waals surface area contributed by atoms with E-state index in [-0.39, 0.29) is 6.61 Å². The maximum absolute atomic E-state index is 13.5. The lowest BCUT2D eigenvalue weighted by atomic mass is 9.96. The van der Waals surface area contributed by atoms with Gasteiger partial charge in [0.1, 0.15) is 11.9 Å². The number of rotatable bonds is 5. The van der Waals surface area contributed by atoms with Gasteiger partial charge in [-0.15, -0.1) is 0 Å². The van der Waals surface area contributed by atoms with E-state index >= 15 is 0 Å². The summed E-state index contributed by atoms with van der Waals surface area (Å²) in [5.41, 5.74) is 1.39. The Bertz CT molecular complexity index is 946. The summed E-state index contributed by atoms with van der Waals surface area (Å²) in [6, 6.07) is 3.36. The number of hydrogen-bond donors (Lipinski definition) is 1. The van der Waals surface area contributed by atoms with Gasteiger partial charge in [-0.1, -0.05) is 49.3 Å². The molecule has 1 aromatic heterocycles. The standard InChI is InChI=1S/C17H13Br2F2N3O2S/c1-2-26-17(25)13-11(6-18)23-15(16-22-7-12(21)27-16)24-14(13)9-4-3-8(20)5-10(9)19/h3-5,7,14H,2,6H2,1H3,(H,23,24). The number of benzene rings is 1. The highest BCUT2D eigenvalue weighted by Crippen LogP contribution is 2.37. The van der Waals surface area contributed by atoms with Crippen LogP contribution in [0.1, 0.15) is 23.5 Å². The van der Waals surface area contributed by atoms with Crippen LogP contribution in [0.5, 0.6) is 0 Å². The molecular formula is C17H13Br2F2N3O2S. The second-order valence-corrected chi connectivity index (χ2v) is 7.78. The van der Waals surface area contributed by atoms with E-state index < -0.39 is 23.0 Å². The molecule has 1 aliphatic rings. The molecule has 27 heavy (non-hydrogen) atoms. The quantitative estimate of drug-likeness (QED) is 0.466. The van der Waals surface area contributed by atoms with Crippen molar-refractivity contribution in [3.05, 3.63) is 61.7 Å². The Morgan fingerprint density at radius 3 is 2.78 bits per heavy atom. The van der Waals surface area contributed by atoms with Crippen molar-refractivity contribution >= 4 is 55.0 Å². The van der Waals surface area contributed by atoms with E-state index in [2.05, 4.69) is 47.2 Å². The van der Waals surface area contributed by atoms with Gasteiger partial charge in [-0.2, -0.15) is 4.39 Å². The molecule has 0 saturated carbocycles. The third kappa shape index (κ3) is 4.27. The van der Waals surface area contributed by atoms with Crippen molar-refractivity contribution in [3.8, 4) is 0 Å². The molecule has 10 heteroatoms. The average Bonchev–Trinajstić information content (AvgIpc) is 3.07. The number of nitrogens with one attached hydrogen (secondary N) is 1. The summed E-state index contributed by atoms with van der Waals surface area (Å²) in [7, 11) is 0. The SMILES string of the molecule is CCOC(=O)C1=C(CBr)NC(c2ncc(F)s2)=NC1c1ccc(F)cc1Br. The highest BCUT2D eigenvalue weighted by atomic mass is 79.9. The summed E-state index contributed by atoms with van der Waals surface area (Å²) in [4.78, 5) is 21.2. The Morgan fingerprint density at radius 2 is 2.19 bits per heavy atom. The zero-order chi connectivity index (χ0) is 19.6. The highest BCUT2D eigenvalue weighted by molar-refractivity contribution is 9.10. The fraction of sp³-hybridized carbons (Fsp3) is 0.235. The second kappa shape index (κ2) is 8.57. The lowest BCUT2D eigenvalue weighted by Gasteiger charge is -2.26. The zero-order valence-electron chi connectivity index (χ0n) is 13.9. The number of esters is 1. The van der Waals surface area contributed by atoms with Crippen molar-refractivity contribution in [1.29, 1.82) is 0 Å². The Labute approximate surface area is 174 Å². The van der Waals surface area contributed by atoms with E-state index in [9.17, 15) is 13.6 Å². The molecule has 1 atom stereocenters. The number of aromatic nitrogens is 1. The molecule has 0 radical (unpaired) electrons. The van der Waals surface area contributed by atoms with Crippen LogP contribution in [-0.2, 0) is 9.53 Å². The third-order valence-electron chi connectivity index (χ3n) is 3.69. The van der Waals surface area contributed by atoms with Crippen molar-refractivity contribution in [2.24, 2.45) is 4.99 Å². The fourth-order valence-corrected chi connectivity index (χ4v) is 4.18. The maximum Gasteiger partial charge on any atom is 0.338 e. The number of halogens is 4. The third-order valence-corrected chi connectivity index (χ3v) is 5.73. The van der Waals surface area contributed by atoms with E-state index in [1.807, 2.05) is 0 Å². The molecule has 1 unspecified atom stereocenters. The van der Waals surface area contributed by atoms with E-state index in [0.717, 1.165) is 17.5 Å². The van der Waals surface area contributed by atoms with Crippen molar-refractivity contribution in [2.75, 3.05) is 11.9 Å². The first-order chi connectivity index (χ1) is 12.9. The van der Waals surface area contributed by atoms with Crippen LogP contribution < -0.4 is 5.32 Å². The maximum atomic E-state index is 13.5. The topological polar surface area (TPSA) is 63.6 Å². The van der Waals surface area contributed by atoms with Gasteiger partial charge in [-0.05, 0) is 24.6 Å². The van der Waals surface area contributed by atoms with E-state index in [1.165, 1.54) is 12.1 Å². The minimum absolute atomic E-state index is 0.198. The van der Waals surface area contributed by atoms with Crippen LogP contribution in [0.2, 0.25) is 0 Å². The number of ether oxygens (including phenoxy) is 1. The number of allylic oxidation sites excluding steroid dienone is 1. The van der Waals surface area contributed by atoms with Crippen molar-refractivity contribution in [3.63, 3.8) is 0 Å². The number of alkyl halides is 1. The summed E-state index contributed by atoms with van der Waals surface area (Å²) >= 11 is 7.53. The van der Waals surface area contributed by atoms with Crippen LogP contribution in [0.3, 0.4) is 0 Å². The van der Waals surface area contributed by atoms with Crippen LogP contribution in [-0.4, -0.2) is 28.7 Å². The first-order valence-corrected chi connectivity index (χ1v) is 10.5. The number of amidine groups is 1. The molecule has 0 amide bonds. The first-order valence-electron chi connectivity index (χ1n) is 7.82. The summed E-state index contributed by atoms with van der Waals surface area (Å²) in [6.45, 7) is 1.90. The number of nitrogens with zero attached hydrogens (tertiary/aromatic N) is 2. The normalized spacial score (nSPS) is 16.8. The number of carbonyl (C=O) groups excluding carboxylic acids is 1. The predicted octanol–water partition coefficient (Wildman–Crippen LogP) is 4.49. The largest absolute Gasteiger partial charge is 0.463 e. The van der Waals surface area contributed by atoms with Gasteiger partial charge in [0, 0.05) is 15.5 Å². The summed E-state index contributed by atoms with van der Waals surface area (Å²) in [6.07, 6.45) is 1.10. The molecule has 2 aromatic rings. The first kappa shape index (κ1) is 20.1. The lowest BCUT2D eigenvalue weighted by Crippen LogP contribution is -2.34. The molecule has 0 bridgehead atoms. The molecule has 0 saturated heterocycles. The number of thiazole rings is 1. The molecular weight excluding hydrogens is 508 g/mol. The number of carbonyl (C=O) groups is 1. The lowest BCUT2D eigenvalue weighted by molar-refractivity contribution is -0.138. The Morgan fingerprint density at radius 1 is 1.41 bits per heavy atom. The summed E-state index contributed by atoms with van der Waals surface area (Å²) in [5.74, 6) is -0.630. The van der Waals surface area contributed by atoms with Crippen LogP contribution in [0.4, 0.5) is 8.78 Å².